The van der Waals surface area contributed by atoms with Gasteiger partial charge in [0, 0.05) is 17.0 Å². The van der Waals surface area contributed by atoms with Crippen molar-refractivity contribution in [2.75, 3.05) is 6.61 Å². The molecule has 0 aliphatic rings. The minimum atomic E-state index is -0.960. The molecule has 138 valence electrons. The SMILES string of the molecule is CCOC(=O)C(CCC(=O)c1cccc(Cl)c1)NC(=O)OC(C)(C)C. The number of carbonyl (C=O) groups excluding carboxylic acids is 3. The number of ketones is 1. The van der Waals surface area contributed by atoms with Crippen molar-refractivity contribution >= 4 is 29.4 Å². The first kappa shape index (κ1) is 21.0. The number of hydrogen-bond donors (Lipinski definition) is 1. The zero-order valence-electron chi connectivity index (χ0n) is 14.9. The smallest absolute Gasteiger partial charge is 0.408 e. The number of nitrogens with one attached hydrogen (secondary N) is 1. The van der Waals surface area contributed by atoms with Crippen LogP contribution in [0, 0.1) is 0 Å². The van der Waals surface area contributed by atoms with Crippen molar-refractivity contribution in [2.45, 2.75) is 52.2 Å². The lowest BCUT2D eigenvalue weighted by Crippen LogP contribution is -2.44. The minimum Gasteiger partial charge on any atom is -0.464 e. The van der Waals surface area contributed by atoms with Crippen LogP contribution in [0.4, 0.5) is 4.79 Å². The summed E-state index contributed by atoms with van der Waals surface area (Å²) in [6.45, 7) is 6.99. The fourth-order valence-corrected chi connectivity index (χ4v) is 2.21. The third kappa shape index (κ3) is 8.03. The Morgan fingerprint density at radius 1 is 1.24 bits per heavy atom. The topological polar surface area (TPSA) is 81.7 Å². The van der Waals surface area contributed by atoms with Crippen LogP contribution in [0.2, 0.25) is 5.02 Å². The lowest BCUT2D eigenvalue weighted by atomic mass is 10.0. The Morgan fingerprint density at radius 2 is 1.92 bits per heavy atom. The van der Waals surface area contributed by atoms with Gasteiger partial charge in [-0.25, -0.2) is 9.59 Å². The van der Waals surface area contributed by atoms with E-state index in [0.29, 0.717) is 10.6 Å². The standard InChI is InChI=1S/C18H24ClNO5/c1-5-24-16(22)14(20-17(23)25-18(2,3)4)9-10-15(21)12-7-6-8-13(19)11-12/h6-8,11,14H,5,9-10H2,1-4H3,(H,20,23). The monoisotopic (exact) mass is 369 g/mol. The van der Waals surface area contributed by atoms with Crippen molar-refractivity contribution in [1.82, 2.24) is 5.32 Å². The summed E-state index contributed by atoms with van der Waals surface area (Å²) < 4.78 is 10.1. The molecule has 0 aliphatic heterocycles. The normalized spacial score (nSPS) is 12.2. The number of carbonyl (C=O) groups is 3. The van der Waals surface area contributed by atoms with E-state index < -0.39 is 23.7 Å². The van der Waals surface area contributed by atoms with E-state index in [-0.39, 0.29) is 25.2 Å². The average molecular weight is 370 g/mol. The largest absolute Gasteiger partial charge is 0.464 e. The van der Waals surface area contributed by atoms with Gasteiger partial charge in [0.15, 0.2) is 5.78 Å². The molecule has 6 nitrogen and oxygen atoms in total. The number of halogens is 1. The number of amides is 1. The number of rotatable bonds is 7. The Bertz CT molecular complexity index is 624. The molecule has 1 unspecified atom stereocenters. The number of Topliss-reactive ketones (excluding diaryl/α,β-unsaturated/α-hetero) is 1. The maximum atomic E-state index is 12.2. The van der Waals surface area contributed by atoms with Gasteiger partial charge in [0.05, 0.1) is 6.61 Å². The second kappa shape index (κ2) is 9.42. The van der Waals surface area contributed by atoms with Crippen molar-refractivity contribution in [2.24, 2.45) is 0 Å². The molecule has 1 atom stereocenters. The molecule has 1 amide bonds. The van der Waals surface area contributed by atoms with E-state index in [2.05, 4.69) is 5.32 Å². The number of esters is 1. The fraction of sp³-hybridized carbons (Fsp3) is 0.500. The molecule has 0 heterocycles. The molecule has 0 saturated heterocycles. The average Bonchev–Trinajstić information content (AvgIpc) is 2.49. The minimum absolute atomic E-state index is 0.0552. The summed E-state index contributed by atoms with van der Waals surface area (Å²) in [7, 11) is 0. The Kier molecular flexibility index (Phi) is 7.90. The third-order valence-electron chi connectivity index (χ3n) is 3.07. The van der Waals surface area contributed by atoms with E-state index >= 15 is 0 Å². The van der Waals surface area contributed by atoms with Gasteiger partial charge in [0.1, 0.15) is 11.6 Å². The van der Waals surface area contributed by atoms with Gasteiger partial charge in [-0.2, -0.15) is 0 Å². The number of benzene rings is 1. The van der Waals surface area contributed by atoms with E-state index in [1.54, 1.807) is 52.0 Å². The first-order valence-corrected chi connectivity index (χ1v) is 8.45. The molecular weight excluding hydrogens is 346 g/mol. The van der Waals surface area contributed by atoms with Crippen molar-refractivity contribution in [3.8, 4) is 0 Å². The van der Waals surface area contributed by atoms with Crippen LogP contribution in [0.15, 0.2) is 24.3 Å². The van der Waals surface area contributed by atoms with Crippen LogP contribution < -0.4 is 5.32 Å². The fourth-order valence-electron chi connectivity index (χ4n) is 2.02. The Balaban J connectivity index is 2.72. The van der Waals surface area contributed by atoms with Crippen molar-refractivity contribution < 1.29 is 23.9 Å². The molecule has 0 fully saturated rings. The van der Waals surface area contributed by atoms with Crippen LogP contribution in [0.3, 0.4) is 0 Å². The summed E-state index contributed by atoms with van der Waals surface area (Å²) >= 11 is 5.87. The van der Waals surface area contributed by atoms with E-state index in [0.717, 1.165) is 0 Å². The number of alkyl carbamates (subject to hydrolysis) is 1. The zero-order valence-corrected chi connectivity index (χ0v) is 15.7. The van der Waals surface area contributed by atoms with Gasteiger partial charge in [-0.15, -0.1) is 0 Å². The molecule has 25 heavy (non-hydrogen) atoms. The number of ether oxygens (including phenoxy) is 2. The molecule has 7 heteroatoms. The van der Waals surface area contributed by atoms with E-state index in [1.807, 2.05) is 0 Å². The van der Waals surface area contributed by atoms with E-state index in [9.17, 15) is 14.4 Å². The summed E-state index contributed by atoms with van der Waals surface area (Å²) in [5.74, 6) is -0.782. The summed E-state index contributed by atoms with van der Waals surface area (Å²) in [5, 5.41) is 2.92. The molecule has 0 aliphatic carbocycles. The van der Waals surface area contributed by atoms with Crippen LogP contribution >= 0.6 is 11.6 Å². The summed E-state index contributed by atoms with van der Waals surface area (Å²) in [6, 6.07) is 5.60. The predicted molar refractivity (Wildman–Crippen MR) is 94.8 cm³/mol. The van der Waals surface area contributed by atoms with Crippen LogP contribution in [0.5, 0.6) is 0 Å². The lowest BCUT2D eigenvalue weighted by molar-refractivity contribution is -0.145. The summed E-state index contributed by atoms with van der Waals surface area (Å²) in [5.41, 5.74) is -0.243. The number of hydrogen-bond acceptors (Lipinski definition) is 5. The zero-order chi connectivity index (χ0) is 19.0. The molecule has 0 aromatic heterocycles. The highest BCUT2D eigenvalue weighted by Gasteiger charge is 2.26. The molecule has 0 spiro atoms. The molecule has 0 saturated carbocycles. The van der Waals surface area contributed by atoms with Gasteiger partial charge in [0.2, 0.25) is 0 Å². The molecule has 0 radical (unpaired) electrons. The van der Waals surface area contributed by atoms with E-state index in [1.165, 1.54) is 0 Å². The van der Waals surface area contributed by atoms with Crippen LogP contribution in [0.25, 0.3) is 0 Å². The van der Waals surface area contributed by atoms with Crippen LogP contribution in [0.1, 0.15) is 50.9 Å². The quantitative estimate of drug-likeness (QED) is 0.584. The van der Waals surface area contributed by atoms with Crippen LogP contribution in [-0.4, -0.2) is 36.1 Å². The lowest BCUT2D eigenvalue weighted by Gasteiger charge is -2.22. The first-order valence-electron chi connectivity index (χ1n) is 8.07. The second-order valence-electron chi connectivity index (χ2n) is 6.42. The van der Waals surface area contributed by atoms with Gasteiger partial charge in [-0.1, -0.05) is 23.7 Å². The highest BCUT2D eigenvalue weighted by Crippen LogP contribution is 2.14. The summed E-state index contributed by atoms with van der Waals surface area (Å²) in [4.78, 5) is 36.2. The second-order valence-corrected chi connectivity index (χ2v) is 6.86. The molecule has 1 aromatic carbocycles. The van der Waals surface area contributed by atoms with Gasteiger partial charge in [-0.3, -0.25) is 4.79 Å². The van der Waals surface area contributed by atoms with Gasteiger partial charge in [0.25, 0.3) is 0 Å². The van der Waals surface area contributed by atoms with Gasteiger partial charge >= 0.3 is 12.1 Å². The molecule has 1 aromatic rings. The van der Waals surface area contributed by atoms with Crippen LogP contribution in [-0.2, 0) is 14.3 Å². The van der Waals surface area contributed by atoms with Gasteiger partial charge < -0.3 is 14.8 Å². The van der Waals surface area contributed by atoms with Gasteiger partial charge in [-0.05, 0) is 46.2 Å². The highest BCUT2D eigenvalue weighted by molar-refractivity contribution is 6.31. The van der Waals surface area contributed by atoms with Crippen molar-refractivity contribution in [3.05, 3.63) is 34.9 Å². The van der Waals surface area contributed by atoms with E-state index in [4.69, 9.17) is 21.1 Å². The summed E-state index contributed by atoms with van der Waals surface area (Å²) in [6.07, 6.45) is -0.580. The predicted octanol–water partition coefficient (Wildman–Crippen LogP) is 3.76. The third-order valence-corrected chi connectivity index (χ3v) is 3.30. The van der Waals surface area contributed by atoms with Crippen molar-refractivity contribution in [1.29, 1.82) is 0 Å². The Labute approximate surface area is 152 Å². The Hall–Kier alpha value is -2.08. The molecule has 1 rings (SSSR count). The Morgan fingerprint density at radius 3 is 2.48 bits per heavy atom. The molecule has 0 bridgehead atoms. The molecule has 1 N–H and O–H groups in total. The maximum Gasteiger partial charge on any atom is 0.408 e. The first-order chi connectivity index (χ1) is 11.6. The maximum absolute atomic E-state index is 12.2. The van der Waals surface area contributed by atoms with Crippen molar-refractivity contribution in [3.63, 3.8) is 0 Å². The highest BCUT2D eigenvalue weighted by atomic mass is 35.5. The molecular formula is C18H24ClNO5.